The van der Waals surface area contributed by atoms with Crippen molar-refractivity contribution in [1.82, 2.24) is 0 Å². The SMILES string of the molecule is COCCNc1ccc(Cc2cc3ccccc3s2)cc1[C@@H]1O[C@H](CO)[C@@H](O)[C@H](O)[C@H]1O. The fourth-order valence-corrected chi connectivity index (χ4v) is 5.19. The standard InChI is InChI=1S/C24H29NO6S/c1-30-9-8-25-18-7-6-14(10-16-12-15-4-2-3-5-20(15)32-16)11-17(18)24-23(29)22(28)21(27)19(13-26)31-24/h2-7,11-12,19,21-29H,8-10,13H2,1H3/t19-,21-,22+,23-,24+/m1/s1. The van der Waals surface area contributed by atoms with Crippen LogP contribution in [0.3, 0.4) is 0 Å². The predicted octanol–water partition coefficient (Wildman–Crippen LogP) is 2.07. The largest absolute Gasteiger partial charge is 0.394 e. The van der Waals surface area contributed by atoms with Crippen LogP contribution in [-0.4, -0.2) is 71.7 Å². The van der Waals surface area contributed by atoms with Crippen LogP contribution >= 0.6 is 11.3 Å². The maximum Gasteiger partial charge on any atom is 0.114 e. The average Bonchev–Trinajstić information content (AvgIpc) is 3.21. The molecule has 3 aromatic rings. The zero-order valence-electron chi connectivity index (χ0n) is 17.8. The van der Waals surface area contributed by atoms with Crippen LogP contribution in [0, 0.1) is 0 Å². The molecule has 0 unspecified atom stereocenters. The number of methoxy groups -OCH3 is 1. The van der Waals surface area contributed by atoms with Crippen molar-refractivity contribution in [3.8, 4) is 0 Å². The molecule has 1 saturated heterocycles. The van der Waals surface area contributed by atoms with Gasteiger partial charge in [-0.05, 0) is 29.1 Å². The molecule has 0 amide bonds. The van der Waals surface area contributed by atoms with Gasteiger partial charge in [-0.2, -0.15) is 0 Å². The Balaban J connectivity index is 1.65. The number of anilines is 1. The van der Waals surface area contributed by atoms with Gasteiger partial charge in [0.15, 0.2) is 0 Å². The molecule has 5 atom stereocenters. The number of rotatable bonds is 8. The minimum Gasteiger partial charge on any atom is -0.394 e. The second kappa shape index (κ2) is 10.3. The summed E-state index contributed by atoms with van der Waals surface area (Å²) in [4.78, 5) is 1.21. The quantitative estimate of drug-likeness (QED) is 0.328. The van der Waals surface area contributed by atoms with Crippen LogP contribution < -0.4 is 5.32 Å². The van der Waals surface area contributed by atoms with Gasteiger partial charge in [-0.1, -0.05) is 30.3 Å². The lowest BCUT2D eigenvalue weighted by Crippen LogP contribution is -2.55. The molecule has 172 valence electrons. The van der Waals surface area contributed by atoms with E-state index in [-0.39, 0.29) is 0 Å². The molecule has 1 fully saturated rings. The molecule has 1 aliphatic rings. The van der Waals surface area contributed by atoms with Crippen molar-refractivity contribution in [1.29, 1.82) is 0 Å². The van der Waals surface area contributed by atoms with Crippen molar-refractivity contribution in [2.75, 3.05) is 32.2 Å². The van der Waals surface area contributed by atoms with E-state index in [1.54, 1.807) is 18.4 Å². The second-order valence-electron chi connectivity index (χ2n) is 8.02. The number of aliphatic hydroxyl groups excluding tert-OH is 4. The van der Waals surface area contributed by atoms with E-state index >= 15 is 0 Å². The molecular weight excluding hydrogens is 430 g/mol. The first kappa shape index (κ1) is 23.1. The van der Waals surface area contributed by atoms with E-state index in [9.17, 15) is 20.4 Å². The van der Waals surface area contributed by atoms with Gasteiger partial charge in [0, 0.05) is 40.9 Å². The van der Waals surface area contributed by atoms with Crippen LogP contribution in [-0.2, 0) is 15.9 Å². The van der Waals surface area contributed by atoms with Crippen LogP contribution in [0.4, 0.5) is 5.69 Å². The highest BCUT2D eigenvalue weighted by atomic mass is 32.1. The van der Waals surface area contributed by atoms with Crippen LogP contribution in [0.2, 0.25) is 0 Å². The minimum absolute atomic E-state index is 0.463. The van der Waals surface area contributed by atoms with E-state index in [1.165, 1.54) is 15.0 Å². The summed E-state index contributed by atoms with van der Waals surface area (Å²) < 4.78 is 12.2. The highest BCUT2D eigenvalue weighted by Crippen LogP contribution is 2.37. The highest BCUT2D eigenvalue weighted by molar-refractivity contribution is 7.19. The molecule has 32 heavy (non-hydrogen) atoms. The number of hydrogen-bond acceptors (Lipinski definition) is 8. The number of thiophene rings is 1. The molecule has 1 aromatic heterocycles. The molecule has 0 bridgehead atoms. The molecule has 5 N–H and O–H groups in total. The van der Waals surface area contributed by atoms with Gasteiger partial charge in [-0.25, -0.2) is 0 Å². The Morgan fingerprint density at radius 1 is 1.03 bits per heavy atom. The maximum absolute atomic E-state index is 10.7. The van der Waals surface area contributed by atoms with Crippen molar-refractivity contribution >= 4 is 27.1 Å². The fraction of sp³-hybridized carbons (Fsp3) is 0.417. The molecule has 2 heterocycles. The number of aliphatic hydroxyl groups is 4. The van der Waals surface area contributed by atoms with Gasteiger partial charge in [0.25, 0.3) is 0 Å². The van der Waals surface area contributed by atoms with Gasteiger partial charge < -0.3 is 35.2 Å². The molecule has 0 aliphatic carbocycles. The highest BCUT2D eigenvalue weighted by Gasteiger charge is 2.44. The molecular formula is C24H29NO6S. The van der Waals surface area contributed by atoms with E-state index in [1.807, 2.05) is 30.3 Å². The first-order valence-corrected chi connectivity index (χ1v) is 11.5. The van der Waals surface area contributed by atoms with Gasteiger partial charge >= 0.3 is 0 Å². The number of fused-ring (bicyclic) bond motifs is 1. The van der Waals surface area contributed by atoms with Crippen molar-refractivity contribution in [3.05, 3.63) is 64.5 Å². The molecule has 2 aromatic carbocycles. The van der Waals surface area contributed by atoms with Gasteiger partial charge in [0.1, 0.15) is 30.5 Å². The van der Waals surface area contributed by atoms with E-state index in [0.29, 0.717) is 25.1 Å². The number of hydrogen-bond donors (Lipinski definition) is 5. The summed E-state index contributed by atoms with van der Waals surface area (Å²) in [6.07, 6.45) is -5.31. The summed E-state index contributed by atoms with van der Waals surface area (Å²) in [7, 11) is 1.62. The van der Waals surface area contributed by atoms with Crippen LogP contribution in [0.15, 0.2) is 48.5 Å². The van der Waals surface area contributed by atoms with Crippen molar-refractivity contribution < 1.29 is 29.9 Å². The first-order chi connectivity index (χ1) is 15.5. The first-order valence-electron chi connectivity index (χ1n) is 10.7. The molecule has 0 spiro atoms. The average molecular weight is 460 g/mol. The van der Waals surface area contributed by atoms with Gasteiger partial charge in [0.2, 0.25) is 0 Å². The number of benzene rings is 2. The number of nitrogens with one attached hydrogen (secondary N) is 1. The third-order valence-electron chi connectivity index (χ3n) is 5.79. The summed E-state index contributed by atoms with van der Waals surface area (Å²) in [6.45, 7) is 0.587. The van der Waals surface area contributed by atoms with Crippen LogP contribution in [0.25, 0.3) is 10.1 Å². The summed E-state index contributed by atoms with van der Waals surface area (Å²) in [5.41, 5.74) is 2.43. The summed E-state index contributed by atoms with van der Waals surface area (Å²) in [5.74, 6) is 0. The second-order valence-corrected chi connectivity index (χ2v) is 9.19. The van der Waals surface area contributed by atoms with Gasteiger partial charge in [-0.15, -0.1) is 11.3 Å². The Morgan fingerprint density at radius 2 is 1.84 bits per heavy atom. The van der Waals surface area contributed by atoms with E-state index in [2.05, 4.69) is 23.5 Å². The van der Waals surface area contributed by atoms with E-state index < -0.39 is 37.1 Å². The maximum atomic E-state index is 10.7. The fourth-order valence-electron chi connectivity index (χ4n) is 4.09. The smallest absolute Gasteiger partial charge is 0.114 e. The van der Waals surface area contributed by atoms with Crippen molar-refractivity contribution in [2.24, 2.45) is 0 Å². The van der Waals surface area contributed by atoms with Crippen molar-refractivity contribution in [2.45, 2.75) is 36.9 Å². The van der Waals surface area contributed by atoms with Gasteiger partial charge in [0.05, 0.1) is 13.2 Å². The van der Waals surface area contributed by atoms with Crippen LogP contribution in [0.1, 0.15) is 22.1 Å². The topological polar surface area (TPSA) is 111 Å². The number of ether oxygens (including phenoxy) is 2. The lowest BCUT2D eigenvalue weighted by atomic mass is 9.89. The zero-order chi connectivity index (χ0) is 22.7. The monoisotopic (exact) mass is 459 g/mol. The zero-order valence-corrected chi connectivity index (χ0v) is 18.7. The van der Waals surface area contributed by atoms with Crippen molar-refractivity contribution in [3.63, 3.8) is 0 Å². The third kappa shape index (κ3) is 4.82. The van der Waals surface area contributed by atoms with Gasteiger partial charge in [-0.3, -0.25) is 0 Å². The Labute approximate surface area is 190 Å². The van der Waals surface area contributed by atoms with E-state index in [4.69, 9.17) is 9.47 Å². The molecule has 7 nitrogen and oxygen atoms in total. The summed E-state index contributed by atoms with van der Waals surface area (Å²) in [5, 5.41) is 45.2. The Bertz CT molecular complexity index is 1010. The molecule has 8 heteroatoms. The summed E-state index contributed by atoms with van der Waals surface area (Å²) in [6, 6.07) is 16.3. The lowest BCUT2D eigenvalue weighted by Gasteiger charge is -2.40. The molecule has 4 rings (SSSR count). The molecule has 0 radical (unpaired) electrons. The molecule has 0 saturated carbocycles. The van der Waals surface area contributed by atoms with Crippen LogP contribution in [0.5, 0.6) is 0 Å². The summed E-state index contributed by atoms with van der Waals surface area (Å²) >= 11 is 1.74. The third-order valence-corrected chi connectivity index (χ3v) is 6.91. The Morgan fingerprint density at radius 3 is 2.59 bits per heavy atom. The lowest BCUT2D eigenvalue weighted by molar-refractivity contribution is -0.231. The normalized spacial score (nSPS) is 25.8. The van der Waals surface area contributed by atoms with E-state index in [0.717, 1.165) is 11.3 Å². The Kier molecular flexibility index (Phi) is 7.42. The molecule has 1 aliphatic heterocycles. The minimum atomic E-state index is -1.43. The Hall–Kier alpha value is -2.04. The predicted molar refractivity (Wildman–Crippen MR) is 124 cm³/mol.